The van der Waals surface area contributed by atoms with Crippen LogP contribution in [-0.4, -0.2) is 20.1 Å². The SMILES string of the molecule is [2H]C1(c2ccc(C(N)=O)cc2)OC(N)=C(OS(=O)(=O)Cc2ccccc2)C1=O. The van der Waals surface area contributed by atoms with Crippen LogP contribution in [0.4, 0.5) is 0 Å². The fourth-order valence-corrected chi connectivity index (χ4v) is 3.48. The van der Waals surface area contributed by atoms with Crippen molar-refractivity contribution < 1.29 is 28.3 Å². The van der Waals surface area contributed by atoms with E-state index >= 15 is 0 Å². The van der Waals surface area contributed by atoms with Crippen LogP contribution in [0, 0.1) is 0 Å². The molecule has 0 aromatic heterocycles. The molecule has 4 N–H and O–H groups in total. The molecule has 1 aliphatic heterocycles. The smallest absolute Gasteiger partial charge is 0.313 e. The van der Waals surface area contributed by atoms with Crippen LogP contribution in [0.5, 0.6) is 0 Å². The van der Waals surface area contributed by atoms with Crippen molar-refractivity contribution in [3.05, 3.63) is 82.9 Å². The molecule has 0 saturated carbocycles. The van der Waals surface area contributed by atoms with Crippen LogP contribution in [0.3, 0.4) is 0 Å². The van der Waals surface area contributed by atoms with Crippen molar-refractivity contribution >= 4 is 21.8 Å². The summed E-state index contributed by atoms with van der Waals surface area (Å²) in [7, 11) is -4.22. The molecule has 9 heteroatoms. The maximum absolute atomic E-state index is 12.7. The maximum atomic E-state index is 12.7. The molecule has 0 radical (unpaired) electrons. The van der Waals surface area contributed by atoms with Gasteiger partial charge in [-0.3, -0.25) is 9.59 Å². The molecular weight excluding hydrogens is 372 g/mol. The highest BCUT2D eigenvalue weighted by Gasteiger charge is 2.39. The summed E-state index contributed by atoms with van der Waals surface area (Å²) < 4.78 is 42.9. The highest BCUT2D eigenvalue weighted by atomic mass is 32.2. The molecule has 27 heavy (non-hydrogen) atoms. The van der Waals surface area contributed by atoms with Crippen LogP contribution < -0.4 is 11.5 Å². The van der Waals surface area contributed by atoms with Gasteiger partial charge in [-0.2, -0.15) is 8.42 Å². The average molecular weight is 389 g/mol. The highest BCUT2D eigenvalue weighted by Crippen LogP contribution is 2.32. The molecule has 0 spiro atoms. The minimum atomic E-state index is -4.22. The summed E-state index contributed by atoms with van der Waals surface area (Å²) in [5.74, 6) is -3.62. The molecule has 0 fully saturated rings. The van der Waals surface area contributed by atoms with E-state index in [1.165, 1.54) is 24.3 Å². The van der Waals surface area contributed by atoms with E-state index in [-0.39, 0.29) is 11.1 Å². The third-order valence-corrected chi connectivity index (χ3v) is 4.78. The molecule has 1 atom stereocenters. The van der Waals surface area contributed by atoms with E-state index in [0.29, 0.717) is 5.56 Å². The van der Waals surface area contributed by atoms with E-state index in [2.05, 4.69) is 0 Å². The second-order valence-electron chi connectivity index (χ2n) is 5.67. The number of carbonyl (C=O) groups excluding carboxylic acids is 2. The van der Waals surface area contributed by atoms with Gasteiger partial charge >= 0.3 is 10.1 Å². The predicted octanol–water partition coefficient (Wildman–Crippen LogP) is 1.10. The summed E-state index contributed by atoms with van der Waals surface area (Å²) in [6.07, 6.45) is -2.34. The minimum absolute atomic E-state index is 0.0320. The Morgan fingerprint density at radius 3 is 2.37 bits per heavy atom. The van der Waals surface area contributed by atoms with Crippen molar-refractivity contribution in [3.8, 4) is 0 Å². The van der Waals surface area contributed by atoms with Crippen molar-refractivity contribution in [1.29, 1.82) is 0 Å². The van der Waals surface area contributed by atoms with Gasteiger partial charge in [0.15, 0.2) is 6.08 Å². The van der Waals surface area contributed by atoms with Crippen molar-refractivity contribution in [1.82, 2.24) is 0 Å². The number of Topliss-reactive ketones (excluding diaryl/α,β-unsaturated/α-hetero) is 1. The zero-order valence-corrected chi connectivity index (χ0v) is 14.7. The Balaban J connectivity index is 1.83. The zero-order chi connectivity index (χ0) is 20.5. The molecule has 140 valence electrons. The van der Waals surface area contributed by atoms with E-state index < -0.39 is 45.3 Å². The fourth-order valence-electron chi connectivity index (χ4n) is 2.41. The molecule has 1 amide bonds. The van der Waals surface area contributed by atoms with Crippen LogP contribution in [0.15, 0.2) is 66.2 Å². The van der Waals surface area contributed by atoms with Crippen LogP contribution >= 0.6 is 0 Å². The molecule has 1 heterocycles. The van der Waals surface area contributed by atoms with Crippen LogP contribution in [-0.2, 0) is 29.6 Å². The number of hydrogen-bond acceptors (Lipinski definition) is 7. The Hall–Kier alpha value is -3.33. The summed E-state index contributed by atoms with van der Waals surface area (Å²) >= 11 is 0. The molecule has 3 rings (SSSR count). The predicted molar refractivity (Wildman–Crippen MR) is 95.2 cm³/mol. The van der Waals surface area contributed by atoms with Gasteiger partial charge in [0.05, 0.1) is 1.37 Å². The van der Waals surface area contributed by atoms with Crippen molar-refractivity contribution in [2.75, 3.05) is 0 Å². The Labute approximate surface area is 156 Å². The quantitative estimate of drug-likeness (QED) is 0.705. The number of amides is 1. The van der Waals surface area contributed by atoms with Crippen molar-refractivity contribution in [2.24, 2.45) is 11.5 Å². The van der Waals surface area contributed by atoms with Crippen LogP contribution in [0.1, 0.15) is 28.9 Å². The van der Waals surface area contributed by atoms with E-state index in [9.17, 15) is 18.0 Å². The van der Waals surface area contributed by atoms with Crippen molar-refractivity contribution in [3.63, 3.8) is 0 Å². The van der Waals surface area contributed by atoms with Gasteiger partial charge in [-0.15, -0.1) is 0 Å². The van der Waals surface area contributed by atoms with E-state index in [4.69, 9.17) is 21.8 Å². The standard InChI is InChI=1S/C18H16N2O6S/c19-17(22)13-8-6-12(7-9-13)15-14(21)16(18(20)25-15)26-27(23,24)10-11-4-2-1-3-5-11/h1-9,15H,10,20H2,(H2,19,22)/i15D. The number of ether oxygens (including phenoxy) is 1. The lowest BCUT2D eigenvalue weighted by molar-refractivity contribution is -0.123. The molecule has 2 aromatic carbocycles. The number of hydrogen-bond donors (Lipinski definition) is 2. The lowest BCUT2D eigenvalue weighted by Gasteiger charge is -2.10. The van der Waals surface area contributed by atoms with E-state index in [0.717, 1.165) is 0 Å². The number of primary amides is 1. The number of rotatable bonds is 6. The Bertz CT molecular complexity index is 1070. The summed E-state index contributed by atoms with van der Waals surface area (Å²) in [5.41, 5.74) is 11.4. The molecule has 0 saturated heterocycles. The summed E-state index contributed by atoms with van der Waals surface area (Å²) in [4.78, 5) is 23.8. The van der Waals surface area contributed by atoms with Gasteiger partial charge in [0.2, 0.25) is 23.3 Å². The van der Waals surface area contributed by atoms with E-state index in [1.54, 1.807) is 30.3 Å². The molecule has 1 aliphatic rings. The molecule has 8 nitrogen and oxygen atoms in total. The topological polar surface area (TPSA) is 139 Å². The van der Waals surface area contributed by atoms with Gasteiger partial charge in [-0.25, -0.2) is 0 Å². The summed E-state index contributed by atoms with van der Waals surface area (Å²) in [6, 6.07) is 13.4. The van der Waals surface area contributed by atoms with Crippen molar-refractivity contribution in [2.45, 2.75) is 11.8 Å². The first-order valence-electron chi connectivity index (χ1n) is 8.22. The normalized spacial score (nSPS) is 20.1. The van der Waals surface area contributed by atoms with E-state index in [1.807, 2.05) is 0 Å². The number of carbonyl (C=O) groups is 2. The molecule has 2 aromatic rings. The molecule has 0 aliphatic carbocycles. The van der Waals surface area contributed by atoms with Gasteiger partial charge in [-0.05, 0) is 17.7 Å². The maximum Gasteiger partial charge on any atom is 0.313 e. The average Bonchev–Trinajstić information content (AvgIpc) is 2.86. The minimum Gasteiger partial charge on any atom is -0.460 e. The zero-order valence-electron chi connectivity index (χ0n) is 14.9. The lowest BCUT2D eigenvalue weighted by Crippen LogP contribution is -2.16. The Morgan fingerprint density at radius 1 is 1.15 bits per heavy atom. The number of ketones is 1. The summed E-state index contributed by atoms with van der Waals surface area (Å²) in [6.45, 7) is 0. The third kappa shape index (κ3) is 4.09. The second kappa shape index (κ2) is 7.12. The first kappa shape index (κ1) is 17.1. The largest absolute Gasteiger partial charge is 0.460 e. The van der Waals surface area contributed by atoms with Gasteiger partial charge in [0.25, 0.3) is 0 Å². The highest BCUT2D eigenvalue weighted by molar-refractivity contribution is 7.86. The Morgan fingerprint density at radius 2 is 1.78 bits per heavy atom. The monoisotopic (exact) mass is 389 g/mol. The Kier molecular flexibility index (Phi) is 4.51. The second-order valence-corrected chi connectivity index (χ2v) is 7.24. The number of benzene rings is 2. The fraction of sp³-hybridized carbons (Fsp3) is 0.111. The van der Waals surface area contributed by atoms with Gasteiger partial charge in [0.1, 0.15) is 5.75 Å². The molecular formula is C18H16N2O6S. The summed E-state index contributed by atoms with van der Waals surface area (Å²) in [5, 5.41) is 0. The number of nitrogens with two attached hydrogens (primary N) is 2. The van der Waals surface area contributed by atoms with Gasteiger partial charge in [-0.1, -0.05) is 42.5 Å². The third-order valence-electron chi connectivity index (χ3n) is 3.68. The lowest BCUT2D eigenvalue weighted by atomic mass is 10.0. The molecule has 1 unspecified atom stereocenters. The van der Waals surface area contributed by atoms with Gasteiger partial charge < -0.3 is 20.4 Å². The first-order chi connectivity index (χ1) is 13.1. The van der Waals surface area contributed by atoms with Crippen LogP contribution in [0.2, 0.25) is 0 Å². The van der Waals surface area contributed by atoms with Crippen LogP contribution in [0.25, 0.3) is 0 Å². The van der Waals surface area contributed by atoms with Gasteiger partial charge in [0, 0.05) is 11.1 Å². The molecule has 0 bridgehead atoms. The first-order valence-corrected chi connectivity index (χ1v) is 9.30.